The highest BCUT2D eigenvalue weighted by atomic mass is 35.5. The molecule has 2 rings (SSSR count). The normalized spacial score (nSPS) is 10.3. The van der Waals surface area contributed by atoms with Gasteiger partial charge in [-0.2, -0.15) is 5.10 Å². The third-order valence-electron chi connectivity index (χ3n) is 2.47. The molecule has 1 amide bonds. The monoisotopic (exact) mass is 312 g/mol. The molecule has 2 heterocycles. The Labute approximate surface area is 124 Å². The molecule has 0 aliphatic heterocycles. The second-order valence-corrected chi connectivity index (χ2v) is 4.69. The van der Waals surface area contributed by atoms with Crippen LogP contribution in [0.2, 0.25) is 10.0 Å². The molecule has 0 radical (unpaired) electrons. The molecule has 8 heteroatoms. The van der Waals surface area contributed by atoms with Gasteiger partial charge in [0.15, 0.2) is 0 Å². The summed E-state index contributed by atoms with van der Waals surface area (Å²) in [6, 6.07) is 3.56. The fraction of sp³-hybridized carbons (Fsp3) is 0.167. The molecule has 0 spiro atoms. The summed E-state index contributed by atoms with van der Waals surface area (Å²) < 4.78 is 0.954. The van der Waals surface area contributed by atoms with E-state index in [1.165, 1.54) is 6.20 Å². The van der Waals surface area contributed by atoms with Crippen LogP contribution >= 0.6 is 23.2 Å². The third kappa shape index (κ3) is 3.55. The van der Waals surface area contributed by atoms with Crippen molar-refractivity contribution in [1.29, 1.82) is 0 Å². The van der Waals surface area contributed by atoms with Crippen LogP contribution in [0.1, 0.15) is 5.56 Å². The quantitative estimate of drug-likeness (QED) is 0.922. The van der Waals surface area contributed by atoms with E-state index >= 15 is 0 Å². The minimum absolute atomic E-state index is 0.0603. The summed E-state index contributed by atoms with van der Waals surface area (Å²) in [4.78, 5) is 27.3. The van der Waals surface area contributed by atoms with E-state index in [2.05, 4.69) is 15.4 Å². The predicted octanol–water partition coefficient (Wildman–Crippen LogP) is 1.26. The van der Waals surface area contributed by atoms with Gasteiger partial charge in [0.25, 0.3) is 5.56 Å². The standard InChI is InChI=1S/C12H10Cl2N4O2/c13-9-6-17-18(12(20)11(9)14)7-10(19)16-5-8-1-3-15-4-2-8/h1-4,6H,5,7H2,(H,16,19). The van der Waals surface area contributed by atoms with Crippen molar-refractivity contribution in [2.45, 2.75) is 13.1 Å². The summed E-state index contributed by atoms with van der Waals surface area (Å²) in [5.41, 5.74) is 0.307. The lowest BCUT2D eigenvalue weighted by atomic mass is 10.3. The zero-order chi connectivity index (χ0) is 14.5. The van der Waals surface area contributed by atoms with Crippen LogP contribution in [-0.2, 0) is 17.9 Å². The van der Waals surface area contributed by atoms with Crippen LogP contribution in [0.15, 0.2) is 35.5 Å². The van der Waals surface area contributed by atoms with Crippen molar-refractivity contribution in [3.63, 3.8) is 0 Å². The molecular weight excluding hydrogens is 303 g/mol. The Morgan fingerprint density at radius 1 is 1.30 bits per heavy atom. The van der Waals surface area contributed by atoms with Gasteiger partial charge in [-0.25, -0.2) is 4.68 Å². The van der Waals surface area contributed by atoms with Crippen LogP contribution in [0.3, 0.4) is 0 Å². The smallest absolute Gasteiger partial charge is 0.287 e. The predicted molar refractivity (Wildman–Crippen MR) is 74.6 cm³/mol. The van der Waals surface area contributed by atoms with Crippen molar-refractivity contribution in [2.24, 2.45) is 0 Å². The number of pyridine rings is 1. The number of halogens is 2. The molecule has 0 aliphatic rings. The number of carbonyl (C=O) groups is 1. The number of aromatic nitrogens is 3. The molecule has 1 N–H and O–H groups in total. The Balaban J connectivity index is 1.99. The van der Waals surface area contributed by atoms with Gasteiger partial charge in [0.05, 0.1) is 11.2 Å². The summed E-state index contributed by atoms with van der Waals surface area (Å²) in [6.07, 6.45) is 4.49. The van der Waals surface area contributed by atoms with Gasteiger partial charge >= 0.3 is 0 Å². The Hall–Kier alpha value is -1.92. The second kappa shape index (κ2) is 6.49. The van der Waals surface area contributed by atoms with Gasteiger partial charge in [0.1, 0.15) is 11.6 Å². The topological polar surface area (TPSA) is 76.9 Å². The van der Waals surface area contributed by atoms with Gasteiger partial charge in [0.2, 0.25) is 5.91 Å². The molecule has 6 nitrogen and oxygen atoms in total. The van der Waals surface area contributed by atoms with E-state index in [9.17, 15) is 9.59 Å². The average Bonchev–Trinajstić information content (AvgIpc) is 2.47. The molecular formula is C12H10Cl2N4O2. The van der Waals surface area contributed by atoms with Crippen LogP contribution in [0, 0.1) is 0 Å². The maximum Gasteiger partial charge on any atom is 0.287 e. The molecule has 0 aromatic carbocycles. The van der Waals surface area contributed by atoms with Crippen LogP contribution < -0.4 is 10.9 Å². The molecule has 0 fully saturated rings. The zero-order valence-electron chi connectivity index (χ0n) is 10.2. The second-order valence-electron chi connectivity index (χ2n) is 3.90. The molecule has 0 bridgehead atoms. The van der Waals surface area contributed by atoms with E-state index in [4.69, 9.17) is 23.2 Å². The molecule has 0 saturated heterocycles. The molecule has 104 valence electrons. The minimum atomic E-state index is -0.599. The number of nitrogens with one attached hydrogen (secondary N) is 1. The first-order valence-corrected chi connectivity index (χ1v) is 6.40. The zero-order valence-corrected chi connectivity index (χ0v) is 11.7. The molecule has 2 aromatic rings. The number of hydrogen-bond acceptors (Lipinski definition) is 4. The lowest BCUT2D eigenvalue weighted by molar-refractivity contribution is -0.122. The molecule has 20 heavy (non-hydrogen) atoms. The first-order chi connectivity index (χ1) is 9.58. The highest BCUT2D eigenvalue weighted by molar-refractivity contribution is 6.41. The number of amides is 1. The maximum absolute atomic E-state index is 11.7. The van der Waals surface area contributed by atoms with Gasteiger partial charge in [-0.1, -0.05) is 23.2 Å². The average molecular weight is 313 g/mol. The highest BCUT2D eigenvalue weighted by Crippen LogP contribution is 2.14. The Kier molecular flexibility index (Phi) is 4.70. The number of hydrogen-bond donors (Lipinski definition) is 1. The van der Waals surface area contributed by atoms with Crippen LogP contribution in [0.5, 0.6) is 0 Å². The Morgan fingerprint density at radius 3 is 2.70 bits per heavy atom. The Bertz CT molecular complexity index is 673. The minimum Gasteiger partial charge on any atom is -0.350 e. The van der Waals surface area contributed by atoms with Crippen LogP contribution in [0.25, 0.3) is 0 Å². The fourth-order valence-electron chi connectivity index (χ4n) is 1.45. The van der Waals surface area contributed by atoms with E-state index in [1.807, 2.05) is 0 Å². The molecule has 0 atom stereocenters. The van der Waals surface area contributed by atoms with Crippen molar-refractivity contribution in [3.8, 4) is 0 Å². The summed E-state index contributed by atoms with van der Waals surface area (Å²) in [7, 11) is 0. The van der Waals surface area contributed by atoms with Crippen LogP contribution in [0.4, 0.5) is 0 Å². The maximum atomic E-state index is 11.7. The first kappa shape index (κ1) is 14.5. The Morgan fingerprint density at radius 2 is 2.00 bits per heavy atom. The van der Waals surface area contributed by atoms with Gasteiger partial charge < -0.3 is 5.32 Å². The number of nitrogens with zero attached hydrogens (tertiary/aromatic N) is 3. The van der Waals surface area contributed by atoms with Crippen molar-refractivity contribution in [1.82, 2.24) is 20.1 Å². The van der Waals surface area contributed by atoms with Crippen LogP contribution in [-0.4, -0.2) is 20.7 Å². The van der Waals surface area contributed by atoms with Crippen molar-refractivity contribution < 1.29 is 4.79 Å². The van der Waals surface area contributed by atoms with E-state index < -0.39 is 5.56 Å². The van der Waals surface area contributed by atoms with Gasteiger partial charge in [-0.05, 0) is 17.7 Å². The fourth-order valence-corrected chi connectivity index (χ4v) is 1.72. The largest absolute Gasteiger partial charge is 0.350 e. The van der Waals surface area contributed by atoms with E-state index in [0.717, 1.165) is 10.2 Å². The van der Waals surface area contributed by atoms with Crippen molar-refractivity contribution in [2.75, 3.05) is 0 Å². The molecule has 0 unspecified atom stereocenters. The summed E-state index contributed by atoms with van der Waals surface area (Å²) >= 11 is 11.3. The summed E-state index contributed by atoms with van der Waals surface area (Å²) in [5.74, 6) is -0.352. The molecule has 0 aliphatic carbocycles. The first-order valence-electron chi connectivity index (χ1n) is 5.64. The summed E-state index contributed by atoms with van der Waals surface area (Å²) in [6.45, 7) is 0.123. The van der Waals surface area contributed by atoms with Gasteiger partial charge in [0, 0.05) is 18.9 Å². The van der Waals surface area contributed by atoms with Crippen molar-refractivity contribution >= 4 is 29.1 Å². The highest BCUT2D eigenvalue weighted by Gasteiger charge is 2.10. The third-order valence-corrected chi connectivity index (χ3v) is 3.22. The lowest BCUT2D eigenvalue weighted by Gasteiger charge is -2.07. The number of rotatable bonds is 4. The molecule has 0 saturated carbocycles. The van der Waals surface area contributed by atoms with Gasteiger partial charge in [-0.3, -0.25) is 14.6 Å². The number of carbonyl (C=O) groups excluding carboxylic acids is 1. The lowest BCUT2D eigenvalue weighted by Crippen LogP contribution is -2.33. The SMILES string of the molecule is O=C(Cn1ncc(Cl)c(Cl)c1=O)NCc1ccncc1. The summed E-state index contributed by atoms with van der Waals surface area (Å²) in [5, 5.41) is 6.33. The molecule has 2 aromatic heterocycles. The van der Waals surface area contributed by atoms with E-state index in [1.54, 1.807) is 24.5 Å². The van der Waals surface area contributed by atoms with Crippen molar-refractivity contribution in [3.05, 3.63) is 56.7 Å². The van der Waals surface area contributed by atoms with Gasteiger partial charge in [-0.15, -0.1) is 0 Å². The van der Waals surface area contributed by atoms with E-state index in [-0.39, 0.29) is 22.5 Å². The van der Waals surface area contributed by atoms with E-state index in [0.29, 0.717) is 6.54 Å².